The molecule has 4 nitrogen and oxygen atoms in total. The van der Waals surface area contributed by atoms with Crippen LogP contribution in [-0.2, 0) is 17.6 Å². The van der Waals surface area contributed by atoms with Gasteiger partial charge in [-0.15, -0.1) is 0 Å². The molecule has 3 rings (SSSR count). The number of aromatic hydroxyl groups is 1. The number of likely N-dealkylation sites (tertiary alicyclic amines) is 1. The standard InChI is InChI=1S/C21H25NO3/c23-19-8-6-17(7-9-19)15-21(25)22-12-10-18(11-13-22)20(24)14-16-4-2-1-3-5-16/h1-9,18,20,23-24H,10-15H2. The van der Waals surface area contributed by atoms with Crippen molar-refractivity contribution < 1.29 is 15.0 Å². The van der Waals surface area contributed by atoms with Crippen molar-refractivity contribution in [3.8, 4) is 5.75 Å². The van der Waals surface area contributed by atoms with Gasteiger partial charge in [-0.2, -0.15) is 0 Å². The second-order valence-corrected chi connectivity index (χ2v) is 6.82. The maximum Gasteiger partial charge on any atom is 0.226 e. The van der Waals surface area contributed by atoms with Crippen LogP contribution in [0.2, 0.25) is 0 Å². The van der Waals surface area contributed by atoms with E-state index >= 15 is 0 Å². The van der Waals surface area contributed by atoms with Crippen LogP contribution in [0.15, 0.2) is 54.6 Å². The molecule has 1 amide bonds. The molecule has 1 aliphatic rings. The number of amides is 1. The highest BCUT2D eigenvalue weighted by Crippen LogP contribution is 2.23. The van der Waals surface area contributed by atoms with Crippen molar-refractivity contribution in [2.45, 2.75) is 31.8 Å². The van der Waals surface area contributed by atoms with E-state index in [0.29, 0.717) is 25.9 Å². The molecule has 0 aromatic heterocycles. The van der Waals surface area contributed by atoms with Crippen molar-refractivity contribution in [2.75, 3.05) is 13.1 Å². The molecule has 2 aromatic rings. The third-order valence-corrected chi connectivity index (χ3v) is 5.02. The Balaban J connectivity index is 1.47. The van der Waals surface area contributed by atoms with Crippen LogP contribution in [0.3, 0.4) is 0 Å². The average Bonchev–Trinajstić information content (AvgIpc) is 2.64. The smallest absolute Gasteiger partial charge is 0.226 e. The number of rotatable bonds is 5. The van der Waals surface area contributed by atoms with Gasteiger partial charge in [0.25, 0.3) is 0 Å². The summed E-state index contributed by atoms with van der Waals surface area (Å²) in [6, 6.07) is 16.8. The molecular weight excluding hydrogens is 314 g/mol. The Labute approximate surface area is 148 Å². The van der Waals surface area contributed by atoms with Crippen LogP contribution >= 0.6 is 0 Å². The lowest BCUT2D eigenvalue weighted by molar-refractivity contribution is -0.132. The third-order valence-electron chi connectivity index (χ3n) is 5.02. The van der Waals surface area contributed by atoms with Crippen LogP contribution in [0, 0.1) is 5.92 Å². The Morgan fingerprint density at radius 1 is 1.00 bits per heavy atom. The van der Waals surface area contributed by atoms with E-state index in [4.69, 9.17) is 0 Å². The highest BCUT2D eigenvalue weighted by molar-refractivity contribution is 5.78. The van der Waals surface area contributed by atoms with Gasteiger partial charge in [0.05, 0.1) is 12.5 Å². The van der Waals surface area contributed by atoms with Crippen LogP contribution in [0.5, 0.6) is 5.75 Å². The molecule has 1 heterocycles. The quantitative estimate of drug-likeness (QED) is 0.880. The van der Waals surface area contributed by atoms with Crippen molar-refractivity contribution in [2.24, 2.45) is 5.92 Å². The Morgan fingerprint density at radius 3 is 2.28 bits per heavy atom. The topological polar surface area (TPSA) is 60.8 Å². The average molecular weight is 339 g/mol. The Morgan fingerprint density at radius 2 is 1.64 bits per heavy atom. The first-order chi connectivity index (χ1) is 12.1. The number of aliphatic hydroxyl groups excluding tert-OH is 1. The zero-order chi connectivity index (χ0) is 17.6. The fourth-order valence-electron chi connectivity index (χ4n) is 3.46. The maximum atomic E-state index is 12.4. The number of piperidine rings is 1. The molecule has 2 N–H and O–H groups in total. The summed E-state index contributed by atoms with van der Waals surface area (Å²) in [5, 5.41) is 19.8. The van der Waals surface area contributed by atoms with E-state index in [1.165, 1.54) is 0 Å². The van der Waals surface area contributed by atoms with Gasteiger partial charge in [0, 0.05) is 13.1 Å². The van der Waals surface area contributed by atoms with Gasteiger partial charge < -0.3 is 15.1 Å². The van der Waals surface area contributed by atoms with Gasteiger partial charge in [-0.3, -0.25) is 4.79 Å². The molecule has 4 heteroatoms. The monoisotopic (exact) mass is 339 g/mol. The fourth-order valence-corrected chi connectivity index (χ4v) is 3.46. The lowest BCUT2D eigenvalue weighted by atomic mass is 9.88. The molecule has 1 fully saturated rings. The van der Waals surface area contributed by atoms with Gasteiger partial charge in [0.1, 0.15) is 5.75 Å². The fraction of sp³-hybridized carbons (Fsp3) is 0.381. The highest BCUT2D eigenvalue weighted by atomic mass is 16.3. The minimum Gasteiger partial charge on any atom is -0.508 e. The lowest BCUT2D eigenvalue weighted by Crippen LogP contribution is -2.42. The van der Waals surface area contributed by atoms with E-state index in [1.54, 1.807) is 24.3 Å². The number of phenols is 1. The first kappa shape index (κ1) is 17.5. The van der Waals surface area contributed by atoms with E-state index in [1.807, 2.05) is 35.2 Å². The number of phenolic OH excluding ortho intramolecular Hbond substituents is 1. The second kappa shape index (κ2) is 8.17. The molecule has 132 valence electrons. The summed E-state index contributed by atoms with van der Waals surface area (Å²) in [5.74, 6) is 0.573. The van der Waals surface area contributed by atoms with E-state index in [-0.39, 0.29) is 23.7 Å². The highest BCUT2D eigenvalue weighted by Gasteiger charge is 2.27. The summed E-state index contributed by atoms with van der Waals surface area (Å²) in [7, 11) is 0. The van der Waals surface area contributed by atoms with Gasteiger partial charge >= 0.3 is 0 Å². The molecule has 1 atom stereocenters. The van der Waals surface area contributed by atoms with E-state index in [0.717, 1.165) is 24.0 Å². The summed E-state index contributed by atoms with van der Waals surface area (Å²) >= 11 is 0. The summed E-state index contributed by atoms with van der Waals surface area (Å²) in [6.07, 6.45) is 2.37. The Bertz CT molecular complexity index is 676. The first-order valence-corrected chi connectivity index (χ1v) is 8.89. The largest absolute Gasteiger partial charge is 0.508 e. The van der Waals surface area contributed by atoms with Crippen molar-refractivity contribution in [3.63, 3.8) is 0 Å². The summed E-state index contributed by atoms with van der Waals surface area (Å²) in [6.45, 7) is 1.40. The van der Waals surface area contributed by atoms with Crippen LogP contribution in [0.25, 0.3) is 0 Å². The van der Waals surface area contributed by atoms with Crippen LogP contribution < -0.4 is 0 Å². The van der Waals surface area contributed by atoms with Crippen molar-refractivity contribution in [1.82, 2.24) is 4.90 Å². The van der Waals surface area contributed by atoms with Gasteiger partial charge in [0.2, 0.25) is 5.91 Å². The molecule has 0 bridgehead atoms. The molecule has 25 heavy (non-hydrogen) atoms. The van der Waals surface area contributed by atoms with Gasteiger partial charge in [-0.25, -0.2) is 0 Å². The molecule has 0 saturated carbocycles. The molecule has 2 aromatic carbocycles. The van der Waals surface area contributed by atoms with Gasteiger partial charge in [-0.05, 0) is 48.4 Å². The number of benzene rings is 2. The van der Waals surface area contributed by atoms with E-state index in [2.05, 4.69) is 0 Å². The van der Waals surface area contributed by atoms with Crippen molar-refractivity contribution >= 4 is 5.91 Å². The molecule has 0 aliphatic carbocycles. The normalized spacial score (nSPS) is 16.6. The predicted octanol–water partition coefficient (Wildman–Crippen LogP) is 2.78. The molecule has 1 saturated heterocycles. The van der Waals surface area contributed by atoms with Crippen molar-refractivity contribution in [3.05, 3.63) is 65.7 Å². The van der Waals surface area contributed by atoms with E-state index in [9.17, 15) is 15.0 Å². The van der Waals surface area contributed by atoms with Gasteiger partial charge in [0.15, 0.2) is 0 Å². The number of hydrogen-bond donors (Lipinski definition) is 2. The minimum absolute atomic E-state index is 0.113. The zero-order valence-corrected chi connectivity index (χ0v) is 14.3. The van der Waals surface area contributed by atoms with Crippen LogP contribution in [-0.4, -0.2) is 40.2 Å². The Kier molecular flexibility index (Phi) is 5.71. The minimum atomic E-state index is -0.350. The van der Waals surface area contributed by atoms with Crippen molar-refractivity contribution in [1.29, 1.82) is 0 Å². The lowest BCUT2D eigenvalue weighted by Gasteiger charge is -2.34. The van der Waals surface area contributed by atoms with Crippen LogP contribution in [0.1, 0.15) is 24.0 Å². The number of nitrogens with zero attached hydrogens (tertiary/aromatic N) is 1. The summed E-state index contributed by atoms with van der Waals surface area (Å²) in [5.41, 5.74) is 2.06. The van der Waals surface area contributed by atoms with Crippen LogP contribution in [0.4, 0.5) is 0 Å². The molecule has 0 radical (unpaired) electrons. The van der Waals surface area contributed by atoms with E-state index < -0.39 is 0 Å². The summed E-state index contributed by atoms with van der Waals surface area (Å²) in [4.78, 5) is 14.3. The first-order valence-electron chi connectivity index (χ1n) is 8.89. The third kappa shape index (κ3) is 4.83. The van der Waals surface area contributed by atoms with Gasteiger partial charge in [-0.1, -0.05) is 42.5 Å². The number of carbonyl (C=O) groups excluding carboxylic acids is 1. The predicted molar refractivity (Wildman–Crippen MR) is 97.3 cm³/mol. The number of hydrogen-bond acceptors (Lipinski definition) is 3. The SMILES string of the molecule is O=C(Cc1ccc(O)cc1)N1CCC(C(O)Cc2ccccc2)CC1. The number of aliphatic hydroxyl groups is 1. The zero-order valence-electron chi connectivity index (χ0n) is 14.3. The second-order valence-electron chi connectivity index (χ2n) is 6.82. The maximum absolute atomic E-state index is 12.4. The molecule has 1 aliphatic heterocycles. The summed E-state index contributed by atoms with van der Waals surface area (Å²) < 4.78 is 0. The molecule has 0 spiro atoms. The number of carbonyl (C=O) groups is 1. The Hall–Kier alpha value is -2.33. The molecule has 1 unspecified atom stereocenters. The molecular formula is C21H25NO3.